The van der Waals surface area contributed by atoms with Crippen LogP contribution in [0.1, 0.15) is 22.3 Å². The van der Waals surface area contributed by atoms with Crippen molar-refractivity contribution in [1.29, 1.82) is 0 Å². The van der Waals surface area contributed by atoms with E-state index in [0.29, 0.717) is 0 Å². The molecule has 2 aliphatic carbocycles. The first-order valence-corrected chi connectivity index (χ1v) is 12.1. The van der Waals surface area contributed by atoms with Crippen LogP contribution in [0.25, 0.3) is 60.9 Å². The summed E-state index contributed by atoms with van der Waals surface area (Å²) in [6.45, 7) is 0. The molecule has 2 aliphatic rings. The van der Waals surface area contributed by atoms with Crippen LogP contribution in [-0.4, -0.2) is 19.4 Å². The molecule has 0 atom stereocenters. The molecule has 35 heavy (non-hydrogen) atoms. The van der Waals surface area contributed by atoms with Gasteiger partial charge >= 0.3 is 0 Å². The van der Waals surface area contributed by atoms with Crippen LogP contribution in [0.4, 0.5) is 0 Å². The summed E-state index contributed by atoms with van der Waals surface area (Å²) in [6, 6.07) is 26.2. The third kappa shape index (κ3) is 2.11. The van der Waals surface area contributed by atoms with Gasteiger partial charge in [-0.1, -0.05) is 42.5 Å². The minimum absolute atomic E-state index is 0.915. The number of imidazole rings is 1. The van der Waals surface area contributed by atoms with E-state index in [9.17, 15) is 0 Å². The molecular formula is C31H18N4. The smallest absolute Gasteiger partial charge is 0.149 e. The molecule has 0 N–H and O–H groups in total. The zero-order valence-corrected chi connectivity index (χ0v) is 18.8. The second-order valence-corrected chi connectivity index (χ2v) is 9.64. The van der Waals surface area contributed by atoms with Gasteiger partial charge in [0.2, 0.25) is 0 Å². The number of benzene rings is 3. The lowest BCUT2D eigenvalue weighted by atomic mass is 9.95. The van der Waals surface area contributed by atoms with Crippen molar-refractivity contribution in [2.45, 2.75) is 12.8 Å². The summed E-state index contributed by atoms with van der Waals surface area (Å²) in [5.74, 6) is 0. The highest BCUT2D eigenvalue weighted by Crippen LogP contribution is 2.49. The summed E-state index contributed by atoms with van der Waals surface area (Å²) in [5, 5.41) is 2.11. The van der Waals surface area contributed by atoms with Crippen molar-refractivity contribution < 1.29 is 0 Å². The molecule has 4 aromatic heterocycles. The lowest BCUT2D eigenvalue weighted by Crippen LogP contribution is -1.96. The van der Waals surface area contributed by atoms with E-state index >= 15 is 0 Å². The molecule has 0 saturated heterocycles. The van der Waals surface area contributed by atoms with Crippen molar-refractivity contribution >= 4 is 38.6 Å². The Bertz CT molecular complexity index is 2070. The van der Waals surface area contributed by atoms with Crippen LogP contribution in [-0.2, 0) is 12.8 Å². The van der Waals surface area contributed by atoms with Crippen molar-refractivity contribution in [2.75, 3.05) is 0 Å². The highest BCUT2D eigenvalue weighted by molar-refractivity contribution is 6.11. The van der Waals surface area contributed by atoms with Crippen molar-refractivity contribution in [2.24, 2.45) is 0 Å². The Morgan fingerprint density at radius 1 is 0.600 bits per heavy atom. The number of aromatic nitrogens is 4. The molecule has 9 rings (SSSR count). The van der Waals surface area contributed by atoms with Gasteiger partial charge < -0.3 is 0 Å². The Balaban J connectivity index is 1.42. The maximum absolute atomic E-state index is 5.12. The van der Waals surface area contributed by atoms with Gasteiger partial charge in [0, 0.05) is 29.6 Å². The summed E-state index contributed by atoms with van der Waals surface area (Å²) in [5.41, 5.74) is 16.2. The number of rotatable bonds is 0. The van der Waals surface area contributed by atoms with E-state index in [4.69, 9.17) is 15.0 Å². The third-order valence-corrected chi connectivity index (χ3v) is 7.94. The average Bonchev–Trinajstić information content (AvgIpc) is 3.59. The van der Waals surface area contributed by atoms with E-state index in [1.807, 2.05) is 24.5 Å². The first-order valence-electron chi connectivity index (χ1n) is 12.1. The molecule has 4 heteroatoms. The minimum Gasteiger partial charge on any atom is -0.275 e. The van der Waals surface area contributed by atoms with Crippen LogP contribution in [0.5, 0.6) is 0 Å². The molecule has 0 aliphatic heterocycles. The highest BCUT2D eigenvalue weighted by atomic mass is 15.1. The second kappa shape index (κ2) is 6.10. The highest BCUT2D eigenvalue weighted by Gasteiger charge is 2.30. The molecule has 4 heterocycles. The number of fused-ring (bicyclic) bond motifs is 16. The maximum Gasteiger partial charge on any atom is 0.149 e. The van der Waals surface area contributed by atoms with E-state index in [0.717, 1.165) is 45.9 Å². The van der Waals surface area contributed by atoms with Crippen molar-refractivity contribution in [1.82, 2.24) is 19.4 Å². The normalized spacial score (nSPS) is 13.5. The lowest BCUT2D eigenvalue weighted by molar-refractivity contribution is 1.20. The monoisotopic (exact) mass is 446 g/mol. The van der Waals surface area contributed by atoms with Crippen LogP contribution in [0.2, 0.25) is 0 Å². The summed E-state index contributed by atoms with van der Waals surface area (Å²) >= 11 is 0. The van der Waals surface area contributed by atoms with Gasteiger partial charge in [0.25, 0.3) is 0 Å². The zero-order valence-electron chi connectivity index (χ0n) is 18.8. The Morgan fingerprint density at radius 3 is 2.34 bits per heavy atom. The van der Waals surface area contributed by atoms with Gasteiger partial charge in [-0.3, -0.25) is 9.38 Å². The van der Waals surface area contributed by atoms with Crippen LogP contribution >= 0.6 is 0 Å². The fraction of sp³-hybridized carbons (Fsp3) is 0.0645. The number of nitrogens with zero attached hydrogens (tertiary/aromatic N) is 4. The van der Waals surface area contributed by atoms with E-state index < -0.39 is 0 Å². The maximum atomic E-state index is 5.12. The fourth-order valence-electron chi connectivity index (χ4n) is 6.53. The molecule has 0 saturated carbocycles. The minimum atomic E-state index is 0.915. The molecule has 7 aromatic rings. The predicted octanol–water partition coefficient (Wildman–Crippen LogP) is 6.73. The molecule has 0 bridgehead atoms. The van der Waals surface area contributed by atoms with Crippen molar-refractivity contribution in [3.05, 3.63) is 107 Å². The van der Waals surface area contributed by atoms with E-state index in [1.54, 1.807) is 0 Å². The molecule has 4 nitrogen and oxygen atoms in total. The summed E-state index contributed by atoms with van der Waals surface area (Å²) in [4.78, 5) is 14.6. The second-order valence-electron chi connectivity index (χ2n) is 9.64. The van der Waals surface area contributed by atoms with E-state index in [2.05, 4.69) is 65.1 Å². The topological polar surface area (TPSA) is 43.1 Å². The lowest BCUT2D eigenvalue weighted by Gasteiger charge is -2.10. The zero-order chi connectivity index (χ0) is 22.7. The Kier molecular flexibility index (Phi) is 3.11. The Hall–Kier alpha value is -4.57. The number of hydrogen-bond acceptors (Lipinski definition) is 3. The van der Waals surface area contributed by atoms with Gasteiger partial charge in [-0.25, -0.2) is 9.97 Å². The van der Waals surface area contributed by atoms with Gasteiger partial charge in [-0.2, -0.15) is 0 Å². The number of pyridine rings is 3. The van der Waals surface area contributed by atoms with Gasteiger partial charge in [0.05, 0.1) is 16.6 Å². The Labute approximate surface area is 200 Å². The van der Waals surface area contributed by atoms with E-state index in [-0.39, 0.29) is 0 Å². The summed E-state index contributed by atoms with van der Waals surface area (Å²) in [7, 11) is 0. The van der Waals surface area contributed by atoms with E-state index in [1.165, 1.54) is 50.0 Å². The van der Waals surface area contributed by atoms with Gasteiger partial charge in [0.15, 0.2) is 0 Å². The largest absolute Gasteiger partial charge is 0.275 e. The van der Waals surface area contributed by atoms with Crippen molar-refractivity contribution in [3.63, 3.8) is 0 Å². The standard InChI is InChI=1S/C31H18N4/c1-2-6-19-17(5-1)15-24-20(19)10-9-18-16-25-21(27(18)24)11-12-26-29(25)35-30-22(7-4-14-33-30)28-23(31(35)34-26)8-3-13-32-28/h1-14H,15-16H2. The summed E-state index contributed by atoms with van der Waals surface area (Å²) in [6.07, 6.45) is 5.63. The first-order chi connectivity index (χ1) is 17.4. The quantitative estimate of drug-likeness (QED) is 0.243. The average molecular weight is 447 g/mol. The SMILES string of the molecule is c1ccc2c(c1)Cc1c-2ccc2c1-c1ccc3nc4c5cccnc5c5cccnc5n4c3c1C2. The molecule has 0 fully saturated rings. The van der Waals surface area contributed by atoms with Gasteiger partial charge in [-0.05, 0) is 81.3 Å². The van der Waals surface area contributed by atoms with Crippen LogP contribution < -0.4 is 0 Å². The molecule has 0 amide bonds. The van der Waals surface area contributed by atoms with Crippen LogP contribution in [0, 0.1) is 0 Å². The summed E-state index contributed by atoms with van der Waals surface area (Å²) < 4.78 is 2.27. The van der Waals surface area contributed by atoms with Crippen LogP contribution in [0.3, 0.4) is 0 Å². The Morgan fingerprint density at radius 2 is 1.40 bits per heavy atom. The first kappa shape index (κ1) is 17.8. The van der Waals surface area contributed by atoms with Crippen LogP contribution in [0.15, 0.2) is 85.2 Å². The van der Waals surface area contributed by atoms with Crippen molar-refractivity contribution in [3.8, 4) is 22.3 Å². The molecule has 0 unspecified atom stereocenters. The third-order valence-electron chi connectivity index (χ3n) is 7.94. The molecule has 162 valence electrons. The molecule has 3 aromatic carbocycles. The van der Waals surface area contributed by atoms with Gasteiger partial charge in [0.1, 0.15) is 11.3 Å². The number of hydrogen-bond donors (Lipinski definition) is 0. The fourth-order valence-corrected chi connectivity index (χ4v) is 6.53. The molecule has 0 spiro atoms. The van der Waals surface area contributed by atoms with Gasteiger partial charge in [-0.15, -0.1) is 0 Å². The molecule has 0 radical (unpaired) electrons. The molecular weight excluding hydrogens is 428 g/mol. The predicted molar refractivity (Wildman–Crippen MR) is 140 cm³/mol.